The number of carbonyl (C=O) groups is 5. The minimum absolute atomic E-state index is 0.00339. The number of ether oxygens (including phenoxy) is 2. The average Bonchev–Trinajstić information content (AvgIpc) is 3.53. The van der Waals surface area contributed by atoms with Crippen LogP contribution in [-0.2, 0) is 19.1 Å². The molecule has 3 fully saturated rings. The van der Waals surface area contributed by atoms with Crippen molar-refractivity contribution in [2.45, 2.75) is 77.5 Å². The quantitative estimate of drug-likeness (QED) is 0.339. The molecule has 49 heavy (non-hydrogen) atoms. The summed E-state index contributed by atoms with van der Waals surface area (Å²) in [6.45, 7) is 7.04. The van der Waals surface area contributed by atoms with E-state index in [1.165, 1.54) is 11.0 Å². The highest BCUT2D eigenvalue weighted by molar-refractivity contribution is 5.99. The Hall–Kier alpha value is -4.93. The summed E-state index contributed by atoms with van der Waals surface area (Å²) in [4.78, 5) is 74.3. The second kappa shape index (κ2) is 16.0. The lowest BCUT2D eigenvalue weighted by Gasteiger charge is -2.34. The van der Waals surface area contributed by atoms with E-state index in [4.69, 9.17) is 9.47 Å². The average molecular weight is 676 g/mol. The van der Waals surface area contributed by atoms with Crippen LogP contribution in [0.2, 0.25) is 0 Å². The molecule has 14 nitrogen and oxygen atoms in total. The highest BCUT2D eigenvalue weighted by Gasteiger charge is 2.42. The van der Waals surface area contributed by atoms with Gasteiger partial charge in [-0.15, -0.1) is 0 Å². The second-order valence-corrected chi connectivity index (χ2v) is 13.0. The lowest BCUT2D eigenvalue weighted by molar-refractivity contribution is -0.143. The van der Waals surface area contributed by atoms with Crippen molar-refractivity contribution in [2.75, 3.05) is 45.9 Å². The molecule has 2 aromatic rings. The molecule has 3 heterocycles. The fourth-order valence-electron chi connectivity index (χ4n) is 6.16. The van der Waals surface area contributed by atoms with E-state index >= 15 is 0 Å². The van der Waals surface area contributed by atoms with E-state index < -0.39 is 29.9 Å². The maximum atomic E-state index is 13.7. The summed E-state index contributed by atoms with van der Waals surface area (Å²) in [5.41, 5.74) is 1.37. The first-order valence-electron chi connectivity index (χ1n) is 17.1. The molecule has 14 heteroatoms. The second-order valence-electron chi connectivity index (χ2n) is 13.0. The Morgan fingerprint density at radius 3 is 2.49 bits per heavy atom. The van der Waals surface area contributed by atoms with E-state index in [9.17, 15) is 29.2 Å². The van der Waals surface area contributed by atoms with Crippen molar-refractivity contribution in [3.05, 3.63) is 35.5 Å². The molecule has 0 spiro atoms. The van der Waals surface area contributed by atoms with E-state index in [0.29, 0.717) is 43.7 Å². The van der Waals surface area contributed by atoms with Crippen LogP contribution in [0.5, 0.6) is 5.75 Å². The first kappa shape index (κ1) is 35.4. The number of nitrogens with one attached hydrogen (secondary N) is 2. The first-order chi connectivity index (χ1) is 23.6. The molecule has 2 aliphatic heterocycles. The predicted octanol–water partition coefficient (Wildman–Crippen LogP) is 2.53. The van der Waals surface area contributed by atoms with Crippen LogP contribution in [0.3, 0.4) is 0 Å². The van der Waals surface area contributed by atoms with Gasteiger partial charge < -0.3 is 34.8 Å². The van der Waals surface area contributed by atoms with Crippen molar-refractivity contribution in [1.82, 2.24) is 30.3 Å². The van der Waals surface area contributed by atoms with Crippen LogP contribution in [0.1, 0.15) is 68.4 Å². The van der Waals surface area contributed by atoms with E-state index in [1.54, 1.807) is 28.9 Å². The fourth-order valence-corrected chi connectivity index (χ4v) is 6.16. The van der Waals surface area contributed by atoms with Crippen LogP contribution in [0, 0.1) is 24.2 Å². The molecule has 1 aliphatic carbocycles. The highest BCUT2D eigenvalue weighted by Crippen LogP contribution is 2.30. The predicted molar refractivity (Wildman–Crippen MR) is 178 cm³/mol. The molecule has 2 saturated heterocycles. The summed E-state index contributed by atoms with van der Waals surface area (Å²) in [6, 6.07) is 8.42. The smallest absolute Gasteiger partial charge is 0.409 e. The number of carbonyl (C=O) groups excluding carboxylic acids is 5. The number of rotatable bonds is 11. The van der Waals surface area contributed by atoms with Gasteiger partial charge in [-0.25, -0.2) is 9.78 Å². The maximum Gasteiger partial charge on any atom is 0.409 e. The van der Waals surface area contributed by atoms with E-state index in [2.05, 4.69) is 21.7 Å². The third-order valence-corrected chi connectivity index (χ3v) is 9.35. The van der Waals surface area contributed by atoms with Crippen molar-refractivity contribution in [1.29, 1.82) is 5.26 Å². The van der Waals surface area contributed by atoms with Crippen molar-refractivity contribution in [2.24, 2.45) is 5.92 Å². The number of hydrogen-bond donors (Lipinski definition) is 2. The normalized spacial score (nSPS) is 19.8. The molecule has 0 bridgehead atoms. The van der Waals surface area contributed by atoms with Gasteiger partial charge in [0.25, 0.3) is 11.8 Å². The summed E-state index contributed by atoms with van der Waals surface area (Å²) >= 11 is 0. The summed E-state index contributed by atoms with van der Waals surface area (Å²) in [5, 5.41) is 15.8. The van der Waals surface area contributed by atoms with Crippen LogP contribution < -0.4 is 15.4 Å². The van der Waals surface area contributed by atoms with Gasteiger partial charge in [-0.05, 0) is 63.6 Å². The van der Waals surface area contributed by atoms with Gasteiger partial charge in [0, 0.05) is 50.2 Å². The Kier molecular flexibility index (Phi) is 11.5. The number of piperazine rings is 1. The number of aryl methyl sites for hydroxylation is 1. The van der Waals surface area contributed by atoms with Gasteiger partial charge in [0.1, 0.15) is 17.5 Å². The number of aromatic nitrogens is 1. The lowest BCUT2D eigenvalue weighted by atomic mass is 9.92. The van der Waals surface area contributed by atoms with Crippen molar-refractivity contribution in [3.8, 4) is 11.8 Å². The summed E-state index contributed by atoms with van der Waals surface area (Å²) in [5.74, 6) is -1.80. The molecule has 5 amide bonds. The number of nitriles is 1. The van der Waals surface area contributed by atoms with Crippen LogP contribution in [0.15, 0.2) is 24.3 Å². The minimum Gasteiger partial charge on any atom is -0.480 e. The third kappa shape index (κ3) is 8.57. The molecule has 0 radical (unpaired) electrons. The van der Waals surface area contributed by atoms with E-state index in [1.807, 2.05) is 19.9 Å². The number of likely N-dealkylation sites (tertiary alicyclic amines) is 1. The first-order valence-corrected chi connectivity index (χ1v) is 17.1. The number of hydrogen-bond acceptors (Lipinski definition) is 9. The molecule has 3 aliphatic rings. The molecule has 5 rings (SSSR count). The van der Waals surface area contributed by atoms with Crippen LogP contribution in [-0.4, -0.2) is 113 Å². The van der Waals surface area contributed by atoms with E-state index in [-0.39, 0.29) is 54.9 Å². The third-order valence-electron chi connectivity index (χ3n) is 9.35. The Morgan fingerprint density at radius 2 is 1.82 bits per heavy atom. The monoisotopic (exact) mass is 675 g/mol. The minimum atomic E-state index is -1.04. The van der Waals surface area contributed by atoms with Crippen LogP contribution in [0.25, 0.3) is 10.9 Å². The molecular formula is C35H45N7O7. The number of fused-ring (bicyclic) bond motifs is 1. The van der Waals surface area contributed by atoms with Gasteiger partial charge in [0.2, 0.25) is 11.8 Å². The molecule has 1 aromatic heterocycles. The van der Waals surface area contributed by atoms with Gasteiger partial charge in [-0.1, -0.05) is 19.4 Å². The number of pyridine rings is 1. The number of unbranched alkanes of at least 4 members (excludes halogenated alkanes) is 1. The maximum absolute atomic E-state index is 13.7. The summed E-state index contributed by atoms with van der Waals surface area (Å²) in [7, 11) is 0. The molecule has 1 saturated carbocycles. The SMILES string of the molecule is CCCCOC(=O)N1CCN(C(=O)CNC(=O)c2cc(O[C@H](C)C(=O)N3C[C@H](C#N)C[C@H]3C(=O)NC3CCC3)c3ccc(C)cc3n2)CC1. The largest absolute Gasteiger partial charge is 0.480 e. The molecular weight excluding hydrogens is 630 g/mol. The summed E-state index contributed by atoms with van der Waals surface area (Å²) in [6.07, 6.45) is 3.41. The highest BCUT2D eigenvalue weighted by atomic mass is 16.6. The van der Waals surface area contributed by atoms with Crippen molar-refractivity contribution >= 4 is 40.6 Å². The lowest BCUT2D eigenvalue weighted by Crippen LogP contribution is -2.52. The van der Waals surface area contributed by atoms with Gasteiger partial charge >= 0.3 is 6.09 Å². The topological polar surface area (TPSA) is 174 Å². The number of benzene rings is 1. The van der Waals surface area contributed by atoms with E-state index in [0.717, 1.165) is 37.7 Å². The zero-order valence-corrected chi connectivity index (χ0v) is 28.4. The fraction of sp³-hybridized carbons (Fsp3) is 0.571. The Bertz CT molecular complexity index is 1610. The van der Waals surface area contributed by atoms with Gasteiger partial charge in [-0.2, -0.15) is 5.26 Å². The summed E-state index contributed by atoms with van der Waals surface area (Å²) < 4.78 is 11.4. The standard InChI is InChI=1S/C35H45N7O7/c1-4-5-15-48-35(47)41-13-11-40(12-14-41)31(43)20-37-32(44)28-18-30(26-10-9-22(2)16-27(26)39-28)49-23(3)34(46)42-21-24(19-36)17-29(42)33(45)38-25-7-6-8-25/h9-10,16,18,23-25,29H,4-8,11-15,17,20-21H2,1-3H3,(H,37,44)(H,38,45)/t23-,24+,29+/m1/s1. The zero-order chi connectivity index (χ0) is 35.1. The molecule has 1 aromatic carbocycles. The Balaban J connectivity index is 1.23. The Labute approximate surface area is 286 Å². The molecule has 0 unspecified atom stereocenters. The van der Waals surface area contributed by atoms with Crippen molar-refractivity contribution in [3.63, 3.8) is 0 Å². The van der Waals surface area contributed by atoms with Gasteiger partial charge in [-0.3, -0.25) is 19.2 Å². The van der Waals surface area contributed by atoms with Crippen molar-refractivity contribution < 1.29 is 33.4 Å². The van der Waals surface area contributed by atoms with Gasteiger partial charge in [0.15, 0.2) is 6.10 Å². The number of amides is 5. The Morgan fingerprint density at radius 1 is 1.08 bits per heavy atom. The van der Waals surface area contributed by atoms with Crippen LogP contribution in [0.4, 0.5) is 4.79 Å². The number of nitrogens with zero attached hydrogens (tertiary/aromatic N) is 5. The van der Waals surface area contributed by atoms with Gasteiger partial charge in [0.05, 0.1) is 30.7 Å². The molecule has 262 valence electrons. The molecule has 2 N–H and O–H groups in total. The van der Waals surface area contributed by atoms with Crippen LogP contribution >= 0.6 is 0 Å². The zero-order valence-electron chi connectivity index (χ0n) is 28.4. The molecule has 3 atom stereocenters.